The van der Waals surface area contributed by atoms with Crippen LogP contribution in [0.2, 0.25) is 5.02 Å². The molecule has 2 aromatic carbocycles. The molecule has 1 aliphatic heterocycles. The summed E-state index contributed by atoms with van der Waals surface area (Å²) < 4.78 is 13.3. The standard InChI is InChI=1S/C20H18ClFN4O2/c21-13-4-1-3-12(7-13)17(10-26-8-14(22)9-26)25-19-15-5-2-6-16(20(27)28)18(15)23-11-24-19/h1-7,11,14,17H,8-10H2,(H,27,28)(H,23,24,25)/t17-/m1/s1. The molecule has 3 aromatic rings. The fourth-order valence-corrected chi connectivity index (χ4v) is 3.61. The minimum atomic E-state index is -1.05. The largest absolute Gasteiger partial charge is 0.478 e. The third kappa shape index (κ3) is 3.76. The number of likely N-dealkylation sites (tertiary alicyclic amines) is 1. The van der Waals surface area contributed by atoms with Crippen LogP contribution in [0, 0.1) is 0 Å². The molecular weight excluding hydrogens is 383 g/mol. The smallest absolute Gasteiger partial charge is 0.337 e. The molecule has 1 atom stereocenters. The van der Waals surface area contributed by atoms with Gasteiger partial charge in [-0.05, 0) is 29.8 Å². The summed E-state index contributed by atoms with van der Waals surface area (Å²) >= 11 is 6.16. The second-order valence-electron chi connectivity index (χ2n) is 6.80. The van der Waals surface area contributed by atoms with Gasteiger partial charge in [0.05, 0.1) is 17.1 Å². The minimum Gasteiger partial charge on any atom is -0.478 e. The van der Waals surface area contributed by atoms with E-state index < -0.39 is 12.1 Å². The number of para-hydroxylation sites is 1. The molecular formula is C20H18ClFN4O2. The number of aromatic carboxylic acids is 1. The number of hydrogen-bond acceptors (Lipinski definition) is 5. The number of nitrogens with zero attached hydrogens (tertiary/aromatic N) is 3. The number of aromatic nitrogens is 2. The van der Waals surface area contributed by atoms with Crippen LogP contribution >= 0.6 is 11.6 Å². The lowest BCUT2D eigenvalue weighted by Crippen LogP contribution is -2.50. The Balaban J connectivity index is 1.70. The average molecular weight is 401 g/mol. The van der Waals surface area contributed by atoms with Crippen LogP contribution in [0.5, 0.6) is 0 Å². The number of carbonyl (C=O) groups is 1. The fraction of sp³-hybridized carbons (Fsp3) is 0.250. The molecule has 6 nitrogen and oxygen atoms in total. The van der Waals surface area contributed by atoms with Crippen molar-refractivity contribution in [2.24, 2.45) is 0 Å². The Labute approximate surface area is 166 Å². The molecule has 0 saturated carbocycles. The summed E-state index contributed by atoms with van der Waals surface area (Å²) in [4.78, 5) is 22.0. The molecule has 0 bridgehead atoms. The number of hydrogen-bond donors (Lipinski definition) is 2. The lowest BCUT2D eigenvalue weighted by Gasteiger charge is -2.37. The van der Waals surface area contributed by atoms with Crippen molar-refractivity contribution >= 4 is 34.3 Å². The Morgan fingerprint density at radius 3 is 2.79 bits per heavy atom. The van der Waals surface area contributed by atoms with E-state index in [0.29, 0.717) is 41.4 Å². The van der Waals surface area contributed by atoms with Gasteiger partial charge < -0.3 is 10.4 Å². The van der Waals surface area contributed by atoms with Crippen LogP contribution in [0.3, 0.4) is 0 Å². The van der Waals surface area contributed by atoms with Gasteiger partial charge in [-0.1, -0.05) is 29.8 Å². The number of benzene rings is 2. The maximum Gasteiger partial charge on any atom is 0.337 e. The van der Waals surface area contributed by atoms with E-state index in [9.17, 15) is 14.3 Å². The fourth-order valence-electron chi connectivity index (χ4n) is 3.41. The summed E-state index contributed by atoms with van der Waals surface area (Å²) in [5, 5.41) is 14.0. The maximum atomic E-state index is 13.3. The summed E-state index contributed by atoms with van der Waals surface area (Å²) in [6.07, 6.45) is 0.547. The van der Waals surface area contributed by atoms with Gasteiger partial charge >= 0.3 is 5.97 Å². The lowest BCUT2D eigenvalue weighted by molar-refractivity contribution is 0.0622. The first-order chi connectivity index (χ1) is 13.5. The highest BCUT2D eigenvalue weighted by Crippen LogP contribution is 2.29. The van der Waals surface area contributed by atoms with Crippen molar-refractivity contribution in [3.05, 3.63) is 64.9 Å². The average Bonchev–Trinajstić information content (AvgIpc) is 2.65. The number of anilines is 1. The van der Waals surface area contributed by atoms with E-state index in [1.807, 2.05) is 23.1 Å². The van der Waals surface area contributed by atoms with Crippen LogP contribution in [0.4, 0.5) is 10.2 Å². The Hall–Kier alpha value is -2.77. The van der Waals surface area contributed by atoms with E-state index in [0.717, 1.165) is 5.56 Å². The van der Waals surface area contributed by atoms with E-state index in [-0.39, 0.29) is 11.6 Å². The Morgan fingerprint density at radius 2 is 2.07 bits per heavy atom. The molecule has 1 fully saturated rings. The van der Waals surface area contributed by atoms with Gasteiger partial charge in [0, 0.05) is 30.0 Å². The topological polar surface area (TPSA) is 78.4 Å². The number of nitrogens with one attached hydrogen (secondary N) is 1. The zero-order valence-corrected chi connectivity index (χ0v) is 15.6. The van der Waals surface area contributed by atoms with Gasteiger partial charge in [0.15, 0.2) is 0 Å². The van der Waals surface area contributed by atoms with E-state index in [4.69, 9.17) is 11.6 Å². The van der Waals surface area contributed by atoms with Gasteiger partial charge in [-0.15, -0.1) is 0 Å². The molecule has 28 heavy (non-hydrogen) atoms. The summed E-state index contributed by atoms with van der Waals surface area (Å²) in [7, 11) is 0. The Bertz CT molecular complexity index is 1030. The van der Waals surface area contributed by atoms with Crippen molar-refractivity contribution in [1.29, 1.82) is 0 Å². The summed E-state index contributed by atoms with van der Waals surface area (Å²) in [6.45, 7) is 1.36. The number of rotatable bonds is 6. The maximum absolute atomic E-state index is 13.3. The van der Waals surface area contributed by atoms with Crippen LogP contribution in [-0.2, 0) is 0 Å². The van der Waals surface area contributed by atoms with Crippen molar-refractivity contribution in [3.8, 4) is 0 Å². The van der Waals surface area contributed by atoms with Crippen LogP contribution in [0.25, 0.3) is 10.9 Å². The lowest BCUT2D eigenvalue weighted by atomic mass is 10.0. The van der Waals surface area contributed by atoms with Crippen LogP contribution < -0.4 is 5.32 Å². The predicted molar refractivity (Wildman–Crippen MR) is 106 cm³/mol. The van der Waals surface area contributed by atoms with Crippen molar-refractivity contribution in [3.63, 3.8) is 0 Å². The van der Waals surface area contributed by atoms with Gasteiger partial charge in [0.2, 0.25) is 0 Å². The zero-order valence-electron chi connectivity index (χ0n) is 14.8. The van der Waals surface area contributed by atoms with Gasteiger partial charge in [-0.3, -0.25) is 4.90 Å². The molecule has 1 aliphatic rings. The predicted octanol–water partition coefficient (Wildman–Crippen LogP) is 3.79. The van der Waals surface area contributed by atoms with E-state index in [1.54, 1.807) is 18.2 Å². The molecule has 0 aliphatic carbocycles. The van der Waals surface area contributed by atoms with Gasteiger partial charge in [0.25, 0.3) is 0 Å². The first-order valence-corrected chi connectivity index (χ1v) is 9.24. The molecule has 0 radical (unpaired) electrons. The molecule has 144 valence electrons. The molecule has 0 unspecified atom stereocenters. The number of carboxylic acid groups (broad SMARTS) is 1. The van der Waals surface area contributed by atoms with Crippen molar-refractivity contribution in [2.45, 2.75) is 12.2 Å². The minimum absolute atomic E-state index is 0.116. The Kier molecular flexibility index (Phi) is 5.11. The van der Waals surface area contributed by atoms with Crippen molar-refractivity contribution < 1.29 is 14.3 Å². The first kappa shape index (κ1) is 18.6. The molecule has 1 aromatic heterocycles. The van der Waals surface area contributed by atoms with Crippen LogP contribution in [0.15, 0.2) is 48.8 Å². The molecule has 2 heterocycles. The highest BCUT2D eigenvalue weighted by Gasteiger charge is 2.29. The third-order valence-electron chi connectivity index (χ3n) is 4.81. The van der Waals surface area contributed by atoms with Gasteiger partial charge in [0.1, 0.15) is 18.3 Å². The first-order valence-electron chi connectivity index (χ1n) is 8.86. The second-order valence-corrected chi connectivity index (χ2v) is 7.23. The van der Waals surface area contributed by atoms with Gasteiger partial charge in [-0.2, -0.15) is 0 Å². The number of carboxylic acids is 1. The second kappa shape index (κ2) is 7.69. The normalized spacial score (nSPS) is 15.9. The summed E-state index contributed by atoms with van der Waals surface area (Å²) in [5.41, 5.74) is 1.42. The number of fused-ring (bicyclic) bond motifs is 1. The quantitative estimate of drug-likeness (QED) is 0.655. The molecule has 8 heteroatoms. The molecule has 4 rings (SSSR count). The van der Waals surface area contributed by atoms with Crippen LogP contribution in [0.1, 0.15) is 22.0 Å². The van der Waals surface area contributed by atoms with E-state index in [1.165, 1.54) is 12.4 Å². The van der Waals surface area contributed by atoms with Gasteiger partial charge in [-0.25, -0.2) is 19.2 Å². The van der Waals surface area contributed by atoms with Crippen LogP contribution in [-0.4, -0.2) is 51.7 Å². The van der Waals surface area contributed by atoms with E-state index in [2.05, 4.69) is 15.3 Å². The monoisotopic (exact) mass is 400 g/mol. The summed E-state index contributed by atoms with van der Waals surface area (Å²) in [5.74, 6) is -0.522. The molecule has 1 saturated heterocycles. The molecule has 0 amide bonds. The third-order valence-corrected chi connectivity index (χ3v) is 5.05. The highest BCUT2D eigenvalue weighted by molar-refractivity contribution is 6.30. The highest BCUT2D eigenvalue weighted by atomic mass is 35.5. The molecule has 0 spiro atoms. The van der Waals surface area contributed by atoms with Crippen molar-refractivity contribution in [2.75, 3.05) is 25.0 Å². The SMILES string of the molecule is O=C(O)c1cccc2c(N[C@H](CN3CC(F)C3)c3cccc(Cl)c3)ncnc12. The van der Waals surface area contributed by atoms with Crippen molar-refractivity contribution in [1.82, 2.24) is 14.9 Å². The van der Waals surface area contributed by atoms with E-state index >= 15 is 0 Å². The number of alkyl halides is 1. The zero-order chi connectivity index (χ0) is 19.7. The Morgan fingerprint density at radius 1 is 1.29 bits per heavy atom. The number of halogens is 2. The summed E-state index contributed by atoms with van der Waals surface area (Å²) in [6, 6.07) is 12.2. The molecule has 2 N–H and O–H groups in total.